The standard InChI is InChI=1S/4C17H14.2C12H11N/c1-13-5-4-8-15(11-13)17-10-9-14-6-2-3-7-16(14)12-17;1-13-11-15-9-5-6-10-16(15)17(12-13)14-7-3-2-4-8-14;1-13-11-12-16(14-7-3-2-4-8-14)17-10-6-5-9-15(13)17;1-13-10-11-17-15(12-13)8-5-9-16(17)14-6-3-2-4-7-14;1-10-4-2-5-11(8-10)12-6-3-7-13-9-12;1-10-4-6-11(7-5-10)12-3-2-8-13-9-12/h4*2-12H,1H3;2*2-9H,1H3. The number of nitrogens with zero attached hydrogens (tertiary/aromatic N) is 2. The average Bonchev–Trinajstić information content (AvgIpc) is 1.12. The molecule has 0 unspecified atom stereocenters. The van der Waals surface area contributed by atoms with E-state index < -0.39 is 0 Å². The van der Waals surface area contributed by atoms with Crippen molar-refractivity contribution in [3.05, 3.63) is 398 Å². The highest BCUT2D eigenvalue weighted by atomic mass is 14.6. The first-order chi connectivity index (χ1) is 46.1. The molecule has 0 bridgehead atoms. The van der Waals surface area contributed by atoms with E-state index in [0.717, 1.165) is 0 Å². The summed E-state index contributed by atoms with van der Waals surface area (Å²) in [5.74, 6) is 0. The zero-order valence-corrected chi connectivity index (χ0v) is 54.5. The van der Waals surface area contributed by atoms with Crippen LogP contribution in [0.5, 0.6) is 0 Å². The minimum atomic E-state index is 1.17. The Morgan fingerprint density at radius 1 is 0.181 bits per heavy atom. The summed E-state index contributed by atoms with van der Waals surface area (Å²) in [5, 5.41) is 10.5. The summed E-state index contributed by atoms with van der Waals surface area (Å²) in [5.41, 5.74) is 23.0. The van der Waals surface area contributed by atoms with Gasteiger partial charge >= 0.3 is 0 Å². The molecule has 16 aromatic rings. The lowest BCUT2D eigenvalue weighted by molar-refractivity contribution is 1.33. The molecule has 0 radical (unpaired) electrons. The molecule has 2 heteroatoms. The molecule has 0 saturated carbocycles. The van der Waals surface area contributed by atoms with Gasteiger partial charge in [-0.1, -0.05) is 344 Å². The van der Waals surface area contributed by atoms with Crippen LogP contribution in [0.4, 0.5) is 0 Å². The Labute approximate surface area is 555 Å². The third-order valence-corrected chi connectivity index (χ3v) is 16.6. The maximum absolute atomic E-state index is 4.09. The van der Waals surface area contributed by atoms with Gasteiger partial charge < -0.3 is 0 Å². The Balaban J connectivity index is 0.000000115. The second-order valence-electron chi connectivity index (χ2n) is 23.8. The fourth-order valence-corrected chi connectivity index (χ4v) is 11.7. The summed E-state index contributed by atoms with van der Waals surface area (Å²) in [4.78, 5) is 8.17. The van der Waals surface area contributed by atoms with Gasteiger partial charge in [0, 0.05) is 24.8 Å². The molecule has 2 nitrogen and oxygen atoms in total. The Morgan fingerprint density at radius 2 is 0.585 bits per heavy atom. The molecule has 14 aromatic carbocycles. The summed E-state index contributed by atoms with van der Waals surface area (Å²) >= 11 is 0. The van der Waals surface area contributed by atoms with Crippen molar-refractivity contribution in [2.45, 2.75) is 41.5 Å². The van der Waals surface area contributed by atoms with E-state index in [-0.39, 0.29) is 0 Å². The second kappa shape index (κ2) is 31.9. The number of hydrogen-bond donors (Lipinski definition) is 0. The third-order valence-electron chi connectivity index (χ3n) is 16.6. The minimum Gasteiger partial charge on any atom is -0.264 e. The van der Waals surface area contributed by atoms with Crippen molar-refractivity contribution in [3.8, 4) is 66.8 Å². The number of hydrogen-bond acceptors (Lipinski definition) is 2. The lowest BCUT2D eigenvalue weighted by atomic mass is 9.96. The molecule has 0 spiro atoms. The second-order valence-corrected chi connectivity index (χ2v) is 23.8. The topological polar surface area (TPSA) is 25.8 Å². The summed E-state index contributed by atoms with van der Waals surface area (Å²) in [6.45, 7) is 12.8. The molecule has 0 atom stereocenters. The molecule has 2 aromatic heterocycles. The van der Waals surface area contributed by atoms with Gasteiger partial charge in [-0.15, -0.1) is 0 Å². The summed E-state index contributed by atoms with van der Waals surface area (Å²) in [6, 6.07) is 120. The van der Waals surface area contributed by atoms with Crippen LogP contribution in [-0.4, -0.2) is 9.97 Å². The van der Waals surface area contributed by atoms with Crippen LogP contribution in [-0.2, 0) is 0 Å². The van der Waals surface area contributed by atoms with Gasteiger partial charge in [0.15, 0.2) is 0 Å². The molecular weight excluding hydrogens is 1130 g/mol. The summed E-state index contributed by atoms with van der Waals surface area (Å²) < 4.78 is 0. The van der Waals surface area contributed by atoms with Crippen molar-refractivity contribution in [2.24, 2.45) is 0 Å². The van der Waals surface area contributed by atoms with Crippen LogP contribution >= 0.6 is 0 Å². The molecular formula is C92H78N2. The van der Waals surface area contributed by atoms with E-state index in [2.05, 4.69) is 379 Å². The monoisotopic (exact) mass is 1210 g/mol. The van der Waals surface area contributed by atoms with Crippen LogP contribution in [0, 0.1) is 41.5 Å². The molecule has 0 saturated heterocycles. The SMILES string of the molecule is Cc1cc(-c2ccccc2)c2ccccc2c1.Cc1ccc(-c2ccccc2)c2ccccc12.Cc1ccc(-c2cccnc2)cc1.Cc1ccc2c(-c3ccccc3)cccc2c1.Cc1cccc(-c2ccc3ccccc3c2)c1.Cc1cccc(-c2cccnc2)c1. The summed E-state index contributed by atoms with van der Waals surface area (Å²) in [7, 11) is 0. The normalized spacial score (nSPS) is 10.4. The number of pyridine rings is 2. The highest BCUT2D eigenvalue weighted by Gasteiger charge is 2.08. The third kappa shape index (κ3) is 17.1. The largest absolute Gasteiger partial charge is 0.264 e. The highest BCUT2D eigenvalue weighted by molar-refractivity contribution is 6.00. The number of rotatable bonds is 6. The predicted molar refractivity (Wildman–Crippen MR) is 405 cm³/mol. The lowest BCUT2D eigenvalue weighted by Crippen LogP contribution is -1.83. The number of aromatic nitrogens is 2. The van der Waals surface area contributed by atoms with E-state index in [9.17, 15) is 0 Å². The highest BCUT2D eigenvalue weighted by Crippen LogP contribution is 2.33. The maximum atomic E-state index is 4.09. The van der Waals surface area contributed by atoms with E-state index in [1.807, 2.05) is 24.5 Å². The predicted octanol–water partition coefficient (Wildman–Crippen LogP) is 25.4. The fraction of sp³-hybridized carbons (Fsp3) is 0.0652. The van der Waals surface area contributed by atoms with Crippen LogP contribution in [0.25, 0.3) is 110 Å². The van der Waals surface area contributed by atoms with Crippen LogP contribution in [0.1, 0.15) is 33.4 Å². The van der Waals surface area contributed by atoms with Gasteiger partial charge in [0.05, 0.1) is 0 Å². The molecule has 0 aliphatic rings. The number of fused-ring (bicyclic) bond motifs is 4. The van der Waals surface area contributed by atoms with Crippen molar-refractivity contribution in [2.75, 3.05) is 0 Å². The molecule has 0 fully saturated rings. The smallest absolute Gasteiger partial charge is 0.0346 e. The molecule has 0 amide bonds. The van der Waals surface area contributed by atoms with Gasteiger partial charge in [-0.2, -0.15) is 0 Å². The molecule has 0 aliphatic carbocycles. The van der Waals surface area contributed by atoms with E-state index in [1.54, 1.807) is 12.4 Å². The first-order valence-electron chi connectivity index (χ1n) is 32.2. The number of benzene rings is 14. The first-order valence-corrected chi connectivity index (χ1v) is 32.2. The van der Waals surface area contributed by atoms with E-state index in [4.69, 9.17) is 0 Å². The van der Waals surface area contributed by atoms with Gasteiger partial charge in [-0.05, 0) is 181 Å². The Kier molecular flexibility index (Phi) is 21.7. The molecule has 0 N–H and O–H groups in total. The molecule has 456 valence electrons. The first kappa shape index (κ1) is 64.0. The Morgan fingerprint density at radius 3 is 1.17 bits per heavy atom. The fourth-order valence-electron chi connectivity index (χ4n) is 11.7. The van der Waals surface area contributed by atoms with Crippen molar-refractivity contribution in [3.63, 3.8) is 0 Å². The van der Waals surface area contributed by atoms with Crippen LogP contribution in [0.3, 0.4) is 0 Å². The van der Waals surface area contributed by atoms with Crippen molar-refractivity contribution >= 4 is 43.1 Å². The molecule has 16 rings (SSSR count). The van der Waals surface area contributed by atoms with Gasteiger partial charge in [0.25, 0.3) is 0 Å². The zero-order valence-electron chi connectivity index (χ0n) is 54.5. The van der Waals surface area contributed by atoms with Crippen molar-refractivity contribution in [1.82, 2.24) is 9.97 Å². The van der Waals surface area contributed by atoms with Crippen LogP contribution in [0.15, 0.2) is 365 Å². The van der Waals surface area contributed by atoms with Gasteiger partial charge in [0.1, 0.15) is 0 Å². The van der Waals surface area contributed by atoms with Crippen molar-refractivity contribution < 1.29 is 0 Å². The van der Waals surface area contributed by atoms with E-state index >= 15 is 0 Å². The molecule has 2 heterocycles. The van der Waals surface area contributed by atoms with Crippen LogP contribution < -0.4 is 0 Å². The summed E-state index contributed by atoms with van der Waals surface area (Å²) in [6.07, 6.45) is 7.34. The molecule has 0 aliphatic heterocycles. The average molecular weight is 1210 g/mol. The zero-order chi connectivity index (χ0) is 64.9. The van der Waals surface area contributed by atoms with Gasteiger partial charge in [0.2, 0.25) is 0 Å². The lowest BCUT2D eigenvalue weighted by Gasteiger charge is -2.09. The van der Waals surface area contributed by atoms with Crippen LogP contribution in [0.2, 0.25) is 0 Å². The van der Waals surface area contributed by atoms with E-state index in [0.29, 0.717) is 0 Å². The quantitative estimate of drug-likeness (QED) is 0.166. The molecule has 94 heavy (non-hydrogen) atoms. The Hall–Kier alpha value is -11.6. The van der Waals surface area contributed by atoms with E-state index in [1.165, 1.54) is 143 Å². The number of aryl methyl sites for hydroxylation is 6. The maximum Gasteiger partial charge on any atom is 0.0346 e. The van der Waals surface area contributed by atoms with Gasteiger partial charge in [-0.3, -0.25) is 9.97 Å². The van der Waals surface area contributed by atoms with Gasteiger partial charge in [-0.25, -0.2) is 0 Å². The Bertz CT molecular complexity index is 5030. The van der Waals surface area contributed by atoms with Crippen molar-refractivity contribution in [1.29, 1.82) is 0 Å². The minimum absolute atomic E-state index is 1.17.